The van der Waals surface area contributed by atoms with Crippen LogP contribution in [0.2, 0.25) is 5.02 Å². The van der Waals surface area contributed by atoms with Crippen LogP contribution < -0.4 is 5.73 Å². The first kappa shape index (κ1) is 17.6. The molecule has 0 radical (unpaired) electrons. The molecule has 2 N–H and O–H groups in total. The Morgan fingerprint density at radius 3 is 2.83 bits per heavy atom. The lowest BCUT2D eigenvalue weighted by Gasteiger charge is -2.38. The van der Waals surface area contributed by atoms with E-state index < -0.39 is 0 Å². The summed E-state index contributed by atoms with van der Waals surface area (Å²) in [5, 5.41) is 0.819. The maximum atomic E-state index is 6.50. The number of rotatable bonds is 3. The van der Waals surface area contributed by atoms with Crippen molar-refractivity contribution in [3.8, 4) is 0 Å². The molecule has 2 aliphatic rings. The molecule has 1 aromatic rings. The standard InChI is InChI=1S/C19H28ClN3O/c1-15-5-4-10-23(13-15)18(21)22-14-19(8-11-24-12-9-19)16-6-2-3-7-17(16)20/h2-3,6-7,15H,4-5,8-14H2,1H3,(H2,21,22). The van der Waals surface area contributed by atoms with Crippen LogP contribution in [0.25, 0.3) is 0 Å². The number of nitrogens with zero attached hydrogens (tertiary/aromatic N) is 2. The lowest BCUT2D eigenvalue weighted by Crippen LogP contribution is -2.45. The molecule has 0 aromatic heterocycles. The van der Waals surface area contributed by atoms with E-state index in [1.165, 1.54) is 18.4 Å². The Hall–Kier alpha value is -1.26. The third-order valence-electron chi connectivity index (χ3n) is 5.42. The number of piperidine rings is 1. The lowest BCUT2D eigenvalue weighted by atomic mass is 9.74. The highest BCUT2D eigenvalue weighted by Gasteiger charge is 2.36. The molecule has 2 heterocycles. The summed E-state index contributed by atoms with van der Waals surface area (Å²) < 4.78 is 5.59. The normalized spacial score (nSPS) is 24.8. The Morgan fingerprint density at radius 2 is 2.12 bits per heavy atom. The van der Waals surface area contributed by atoms with Crippen molar-refractivity contribution in [1.29, 1.82) is 0 Å². The number of ether oxygens (including phenoxy) is 1. The van der Waals surface area contributed by atoms with E-state index in [9.17, 15) is 0 Å². The summed E-state index contributed by atoms with van der Waals surface area (Å²) in [5.41, 5.74) is 7.43. The monoisotopic (exact) mass is 349 g/mol. The molecule has 1 unspecified atom stereocenters. The second-order valence-corrected chi connectivity index (χ2v) is 7.65. The molecule has 2 fully saturated rings. The first-order chi connectivity index (χ1) is 11.6. The fraction of sp³-hybridized carbons (Fsp3) is 0.632. The average molecular weight is 350 g/mol. The summed E-state index contributed by atoms with van der Waals surface area (Å²) in [6.45, 7) is 6.49. The molecule has 0 aliphatic carbocycles. The first-order valence-electron chi connectivity index (χ1n) is 8.98. The molecule has 0 bridgehead atoms. The van der Waals surface area contributed by atoms with Crippen LogP contribution in [-0.4, -0.2) is 43.7 Å². The largest absolute Gasteiger partial charge is 0.381 e. The van der Waals surface area contributed by atoms with Gasteiger partial charge in [0.15, 0.2) is 5.96 Å². The summed E-state index contributed by atoms with van der Waals surface area (Å²) in [4.78, 5) is 7.03. The van der Waals surface area contributed by atoms with Crippen molar-refractivity contribution in [2.75, 3.05) is 32.8 Å². The van der Waals surface area contributed by atoms with Gasteiger partial charge in [-0.1, -0.05) is 36.7 Å². The highest BCUT2D eigenvalue weighted by atomic mass is 35.5. The Kier molecular flexibility index (Phi) is 5.67. The van der Waals surface area contributed by atoms with Crippen molar-refractivity contribution < 1.29 is 4.74 Å². The highest BCUT2D eigenvalue weighted by Crippen LogP contribution is 2.39. The molecule has 0 spiro atoms. The number of benzene rings is 1. The van der Waals surface area contributed by atoms with E-state index in [2.05, 4.69) is 24.0 Å². The Bertz CT molecular complexity index is 584. The van der Waals surface area contributed by atoms with Gasteiger partial charge in [0.05, 0.1) is 6.54 Å². The molecule has 2 saturated heterocycles. The van der Waals surface area contributed by atoms with Crippen molar-refractivity contribution in [1.82, 2.24) is 4.90 Å². The summed E-state index contributed by atoms with van der Waals surface area (Å²) in [7, 11) is 0. The van der Waals surface area contributed by atoms with Gasteiger partial charge in [-0.05, 0) is 43.2 Å². The van der Waals surface area contributed by atoms with Crippen LogP contribution in [-0.2, 0) is 10.2 Å². The molecule has 2 aliphatic heterocycles. The summed E-state index contributed by atoms with van der Waals surface area (Å²) >= 11 is 6.50. The maximum Gasteiger partial charge on any atom is 0.191 e. The SMILES string of the molecule is CC1CCCN(C(N)=NCC2(c3ccccc3Cl)CCOCC2)C1. The summed E-state index contributed by atoms with van der Waals surface area (Å²) in [6, 6.07) is 8.12. The number of hydrogen-bond acceptors (Lipinski definition) is 2. The number of nitrogens with two attached hydrogens (primary N) is 1. The third kappa shape index (κ3) is 3.86. The maximum absolute atomic E-state index is 6.50. The predicted octanol–water partition coefficient (Wildman–Crippen LogP) is 3.43. The van der Waals surface area contributed by atoms with Gasteiger partial charge in [0, 0.05) is 36.7 Å². The molecule has 3 rings (SSSR count). The van der Waals surface area contributed by atoms with Crippen molar-refractivity contribution in [3.05, 3.63) is 34.9 Å². The third-order valence-corrected chi connectivity index (χ3v) is 5.75. The predicted molar refractivity (Wildman–Crippen MR) is 99.6 cm³/mol. The number of hydrogen-bond donors (Lipinski definition) is 1. The van der Waals surface area contributed by atoms with E-state index >= 15 is 0 Å². The van der Waals surface area contributed by atoms with Crippen LogP contribution in [0, 0.1) is 5.92 Å². The zero-order valence-electron chi connectivity index (χ0n) is 14.5. The minimum Gasteiger partial charge on any atom is -0.381 e. The zero-order valence-corrected chi connectivity index (χ0v) is 15.3. The minimum atomic E-state index is -0.0668. The van der Waals surface area contributed by atoms with Crippen LogP contribution >= 0.6 is 11.6 Å². The lowest BCUT2D eigenvalue weighted by molar-refractivity contribution is 0.0530. The van der Waals surface area contributed by atoms with Crippen LogP contribution in [0.3, 0.4) is 0 Å². The van der Waals surface area contributed by atoms with E-state index in [1.807, 2.05) is 12.1 Å². The van der Waals surface area contributed by atoms with Gasteiger partial charge in [0.2, 0.25) is 0 Å². The Balaban J connectivity index is 1.80. The first-order valence-corrected chi connectivity index (χ1v) is 9.36. The number of halogens is 1. The number of aliphatic imine (C=N–C) groups is 1. The Morgan fingerprint density at radius 1 is 1.38 bits per heavy atom. The highest BCUT2D eigenvalue weighted by molar-refractivity contribution is 6.31. The second-order valence-electron chi connectivity index (χ2n) is 7.24. The van der Waals surface area contributed by atoms with Crippen molar-refractivity contribution in [2.45, 2.75) is 38.0 Å². The second kappa shape index (κ2) is 7.75. The molecular formula is C19H28ClN3O. The molecule has 4 nitrogen and oxygen atoms in total. The van der Waals surface area contributed by atoms with Gasteiger partial charge in [0.25, 0.3) is 0 Å². The average Bonchev–Trinajstić information content (AvgIpc) is 2.61. The van der Waals surface area contributed by atoms with Gasteiger partial charge >= 0.3 is 0 Å². The van der Waals surface area contributed by atoms with E-state index in [0.717, 1.165) is 44.2 Å². The molecule has 0 amide bonds. The van der Waals surface area contributed by atoms with Crippen molar-refractivity contribution in [3.63, 3.8) is 0 Å². The zero-order chi connectivity index (χ0) is 17.0. The van der Waals surface area contributed by atoms with Gasteiger partial charge in [-0.15, -0.1) is 0 Å². The minimum absolute atomic E-state index is 0.0668. The van der Waals surface area contributed by atoms with Crippen LogP contribution in [0.1, 0.15) is 38.2 Å². The van der Waals surface area contributed by atoms with E-state index in [0.29, 0.717) is 18.4 Å². The molecule has 1 aromatic carbocycles. The molecular weight excluding hydrogens is 322 g/mol. The number of guanidine groups is 1. The molecule has 5 heteroatoms. The quantitative estimate of drug-likeness (QED) is 0.671. The van der Waals surface area contributed by atoms with Crippen molar-refractivity contribution >= 4 is 17.6 Å². The fourth-order valence-corrected chi connectivity index (χ4v) is 4.23. The van der Waals surface area contributed by atoms with Gasteiger partial charge in [-0.3, -0.25) is 4.99 Å². The van der Waals surface area contributed by atoms with E-state index in [1.54, 1.807) is 0 Å². The van der Waals surface area contributed by atoms with E-state index in [-0.39, 0.29) is 5.41 Å². The van der Waals surface area contributed by atoms with Crippen molar-refractivity contribution in [2.24, 2.45) is 16.6 Å². The van der Waals surface area contributed by atoms with Gasteiger partial charge < -0.3 is 15.4 Å². The topological polar surface area (TPSA) is 50.8 Å². The van der Waals surface area contributed by atoms with Crippen LogP contribution in [0.15, 0.2) is 29.3 Å². The molecule has 1 atom stereocenters. The van der Waals surface area contributed by atoms with E-state index in [4.69, 9.17) is 27.1 Å². The van der Waals surface area contributed by atoms with Gasteiger partial charge in [-0.25, -0.2) is 0 Å². The van der Waals surface area contributed by atoms with Gasteiger partial charge in [0.1, 0.15) is 0 Å². The van der Waals surface area contributed by atoms with Crippen LogP contribution in [0.5, 0.6) is 0 Å². The summed E-state index contributed by atoms with van der Waals surface area (Å²) in [5.74, 6) is 1.37. The van der Waals surface area contributed by atoms with Gasteiger partial charge in [-0.2, -0.15) is 0 Å². The number of likely N-dealkylation sites (tertiary alicyclic amines) is 1. The fourth-order valence-electron chi connectivity index (χ4n) is 3.90. The van der Waals surface area contributed by atoms with Crippen LogP contribution in [0.4, 0.5) is 0 Å². The molecule has 132 valence electrons. The smallest absolute Gasteiger partial charge is 0.191 e. The summed E-state index contributed by atoms with van der Waals surface area (Å²) in [6.07, 6.45) is 4.35. The molecule has 0 saturated carbocycles. The molecule has 24 heavy (non-hydrogen) atoms. The Labute approximate surface area is 150 Å².